The van der Waals surface area contributed by atoms with E-state index in [2.05, 4.69) is 16.0 Å². The van der Waals surface area contributed by atoms with E-state index >= 15 is 0 Å². The standard InChI is InChI=1S/C14H17ClN2O/c1-17(9-11(15)10-18-2)14-7-8-16-13-6-4-3-5-12(13)14/h3-8,11H,9-10H2,1-2H3. The van der Waals surface area contributed by atoms with Crippen LogP contribution in [0, 0.1) is 0 Å². The minimum atomic E-state index is -0.0214. The number of fused-ring (bicyclic) bond motifs is 1. The van der Waals surface area contributed by atoms with Crippen molar-refractivity contribution in [3.05, 3.63) is 36.5 Å². The van der Waals surface area contributed by atoms with Gasteiger partial charge in [0.05, 0.1) is 17.5 Å². The van der Waals surface area contributed by atoms with Gasteiger partial charge in [0, 0.05) is 38.0 Å². The van der Waals surface area contributed by atoms with Crippen LogP contribution in [0.25, 0.3) is 10.9 Å². The van der Waals surface area contributed by atoms with Gasteiger partial charge in [0.25, 0.3) is 0 Å². The summed E-state index contributed by atoms with van der Waals surface area (Å²) in [7, 11) is 3.70. The first-order valence-corrected chi connectivity index (χ1v) is 6.34. The van der Waals surface area contributed by atoms with Gasteiger partial charge in [0.1, 0.15) is 0 Å². The molecule has 0 saturated carbocycles. The monoisotopic (exact) mass is 264 g/mol. The van der Waals surface area contributed by atoms with Gasteiger partial charge >= 0.3 is 0 Å². The third kappa shape index (κ3) is 2.92. The summed E-state index contributed by atoms with van der Waals surface area (Å²) in [5, 5.41) is 1.12. The van der Waals surface area contributed by atoms with Crippen molar-refractivity contribution < 1.29 is 4.74 Å². The highest BCUT2D eigenvalue weighted by Gasteiger charge is 2.11. The lowest BCUT2D eigenvalue weighted by atomic mass is 10.1. The maximum Gasteiger partial charge on any atom is 0.0744 e. The molecule has 0 amide bonds. The second-order valence-electron chi connectivity index (χ2n) is 4.28. The second kappa shape index (κ2) is 6.03. The zero-order chi connectivity index (χ0) is 13.0. The SMILES string of the molecule is COCC(Cl)CN(C)c1ccnc2ccccc12. The highest BCUT2D eigenvalue weighted by Crippen LogP contribution is 2.24. The van der Waals surface area contributed by atoms with Crippen LogP contribution in [0.3, 0.4) is 0 Å². The molecule has 0 N–H and O–H groups in total. The summed E-state index contributed by atoms with van der Waals surface area (Å²) in [5.74, 6) is 0. The molecule has 96 valence electrons. The number of anilines is 1. The lowest BCUT2D eigenvalue weighted by molar-refractivity contribution is 0.199. The number of rotatable bonds is 5. The van der Waals surface area contributed by atoms with Crippen LogP contribution in [-0.2, 0) is 4.74 Å². The quantitative estimate of drug-likeness (QED) is 0.777. The van der Waals surface area contributed by atoms with E-state index in [9.17, 15) is 0 Å². The van der Waals surface area contributed by atoms with Crippen molar-refractivity contribution in [2.45, 2.75) is 5.38 Å². The smallest absolute Gasteiger partial charge is 0.0744 e. The summed E-state index contributed by atoms with van der Waals surface area (Å²) in [6.45, 7) is 1.29. The molecule has 0 radical (unpaired) electrons. The summed E-state index contributed by atoms with van der Waals surface area (Å²) >= 11 is 6.19. The van der Waals surface area contributed by atoms with Gasteiger partial charge < -0.3 is 9.64 Å². The average molecular weight is 265 g/mol. The molecule has 0 aliphatic carbocycles. The molecular formula is C14H17ClN2O. The van der Waals surface area contributed by atoms with Crippen LogP contribution in [0.5, 0.6) is 0 Å². The molecular weight excluding hydrogens is 248 g/mol. The Labute approximate surface area is 112 Å². The van der Waals surface area contributed by atoms with Gasteiger partial charge in [-0.25, -0.2) is 0 Å². The lowest BCUT2D eigenvalue weighted by Gasteiger charge is -2.23. The van der Waals surface area contributed by atoms with E-state index in [1.165, 1.54) is 0 Å². The maximum atomic E-state index is 6.19. The third-order valence-electron chi connectivity index (χ3n) is 2.86. The molecule has 4 heteroatoms. The number of methoxy groups -OCH3 is 1. The number of hydrogen-bond acceptors (Lipinski definition) is 3. The van der Waals surface area contributed by atoms with Crippen LogP contribution in [0.2, 0.25) is 0 Å². The number of para-hydroxylation sites is 1. The van der Waals surface area contributed by atoms with E-state index in [1.54, 1.807) is 7.11 Å². The van der Waals surface area contributed by atoms with Crippen molar-refractivity contribution in [2.75, 3.05) is 32.2 Å². The first kappa shape index (κ1) is 13.1. The van der Waals surface area contributed by atoms with E-state index in [1.807, 2.05) is 37.5 Å². The fraction of sp³-hybridized carbons (Fsp3) is 0.357. The van der Waals surface area contributed by atoms with Crippen molar-refractivity contribution >= 4 is 28.2 Å². The van der Waals surface area contributed by atoms with Gasteiger partial charge in [-0.1, -0.05) is 18.2 Å². The zero-order valence-corrected chi connectivity index (χ0v) is 11.4. The molecule has 3 nitrogen and oxygen atoms in total. The molecule has 1 heterocycles. The summed E-state index contributed by atoms with van der Waals surface area (Å²) in [6.07, 6.45) is 1.83. The Balaban J connectivity index is 2.24. The highest BCUT2D eigenvalue weighted by molar-refractivity contribution is 6.21. The van der Waals surface area contributed by atoms with Crippen molar-refractivity contribution in [3.8, 4) is 0 Å². The van der Waals surface area contributed by atoms with E-state index in [0.29, 0.717) is 6.61 Å². The molecule has 0 spiro atoms. The predicted octanol–water partition coefficient (Wildman–Crippen LogP) is 2.92. The van der Waals surface area contributed by atoms with Crippen LogP contribution in [0.1, 0.15) is 0 Å². The van der Waals surface area contributed by atoms with Gasteiger partial charge in [0.2, 0.25) is 0 Å². The molecule has 1 aromatic heterocycles. The normalized spacial score (nSPS) is 12.6. The second-order valence-corrected chi connectivity index (χ2v) is 4.90. The zero-order valence-electron chi connectivity index (χ0n) is 10.6. The van der Waals surface area contributed by atoms with Crippen molar-refractivity contribution in [3.63, 3.8) is 0 Å². The molecule has 1 aromatic carbocycles. The van der Waals surface area contributed by atoms with Crippen molar-refractivity contribution in [1.29, 1.82) is 0 Å². The fourth-order valence-electron chi connectivity index (χ4n) is 2.04. The third-order valence-corrected chi connectivity index (χ3v) is 3.12. The predicted molar refractivity (Wildman–Crippen MR) is 76.5 cm³/mol. The maximum absolute atomic E-state index is 6.19. The summed E-state index contributed by atoms with van der Waals surface area (Å²) in [4.78, 5) is 6.49. The van der Waals surface area contributed by atoms with Crippen LogP contribution in [-0.4, -0.2) is 37.7 Å². The molecule has 1 atom stereocenters. The summed E-state index contributed by atoms with van der Waals surface area (Å²) < 4.78 is 5.06. The Morgan fingerprint density at radius 3 is 2.89 bits per heavy atom. The van der Waals surface area contributed by atoms with Gasteiger partial charge in [-0.3, -0.25) is 4.98 Å². The number of ether oxygens (including phenoxy) is 1. The van der Waals surface area contributed by atoms with Crippen molar-refractivity contribution in [1.82, 2.24) is 4.98 Å². The lowest BCUT2D eigenvalue weighted by Crippen LogP contribution is -2.28. The Bertz CT molecular complexity index is 513. The van der Waals surface area contributed by atoms with Crippen LogP contribution >= 0.6 is 11.6 Å². The number of benzene rings is 1. The number of nitrogens with zero attached hydrogens (tertiary/aromatic N) is 2. The van der Waals surface area contributed by atoms with E-state index in [4.69, 9.17) is 16.3 Å². The highest BCUT2D eigenvalue weighted by atomic mass is 35.5. The molecule has 0 fully saturated rings. The number of pyridine rings is 1. The van der Waals surface area contributed by atoms with Gasteiger partial charge in [-0.15, -0.1) is 11.6 Å². The largest absolute Gasteiger partial charge is 0.383 e. The number of aromatic nitrogens is 1. The average Bonchev–Trinajstić information content (AvgIpc) is 2.38. The fourth-order valence-corrected chi connectivity index (χ4v) is 2.38. The van der Waals surface area contributed by atoms with Gasteiger partial charge in [0.15, 0.2) is 0 Å². The Morgan fingerprint density at radius 1 is 1.33 bits per heavy atom. The molecule has 1 unspecified atom stereocenters. The molecule has 2 rings (SSSR count). The van der Waals surface area contributed by atoms with Gasteiger partial charge in [-0.2, -0.15) is 0 Å². The molecule has 2 aromatic rings. The van der Waals surface area contributed by atoms with E-state index < -0.39 is 0 Å². The summed E-state index contributed by atoms with van der Waals surface area (Å²) in [5.41, 5.74) is 2.14. The Morgan fingerprint density at radius 2 is 2.11 bits per heavy atom. The minimum absolute atomic E-state index is 0.0214. The molecule has 18 heavy (non-hydrogen) atoms. The first-order valence-electron chi connectivity index (χ1n) is 5.90. The number of alkyl halides is 1. The van der Waals surface area contributed by atoms with Gasteiger partial charge in [-0.05, 0) is 12.1 Å². The van der Waals surface area contributed by atoms with E-state index in [-0.39, 0.29) is 5.38 Å². The number of halogens is 1. The van der Waals surface area contributed by atoms with Crippen molar-refractivity contribution in [2.24, 2.45) is 0 Å². The molecule has 0 saturated heterocycles. The molecule has 0 aliphatic heterocycles. The number of hydrogen-bond donors (Lipinski definition) is 0. The van der Waals surface area contributed by atoms with Crippen LogP contribution in [0.4, 0.5) is 5.69 Å². The summed E-state index contributed by atoms with van der Waals surface area (Å²) in [6, 6.07) is 10.1. The van der Waals surface area contributed by atoms with Crippen LogP contribution in [0.15, 0.2) is 36.5 Å². The Kier molecular flexibility index (Phi) is 4.39. The first-order chi connectivity index (χ1) is 8.72. The van der Waals surface area contributed by atoms with E-state index in [0.717, 1.165) is 23.1 Å². The molecule has 0 aliphatic rings. The van der Waals surface area contributed by atoms with Crippen LogP contribution < -0.4 is 4.90 Å². The topological polar surface area (TPSA) is 25.4 Å². The Hall–Kier alpha value is -1.32. The molecule has 0 bridgehead atoms. The minimum Gasteiger partial charge on any atom is -0.383 e.